The molecule has 2 aromatic rings. The lowest BCUT2D eigenvalue weighted by Crippen LogP contribution is -2.26. The van der Waals surface area contributed by atoms with Crippen LogP contribution in [0.3, 0.4) is 0 Å². The molecule has 0 aliphatic rings. The third kappa shape index (κ3) is 4.23. The van der Waals surface area contributed by atoms with Crippen LogP contribution in [-0.2, 0) is 16.4 Å². The van der Waals surface area contributed by atoms with Crippen molar-refractivity contribution >= 4 is 21.6 Å². The number of rotatable bonds is 5. The summed E-state index contributed by atoms with van der Waals surface area (Å²) in [6.07, 6.45) is 0.339. The van der Waals surface area contributed by atoms with E-state index < -0.39 is 15.8 Å². The van der Waals surface area contributed by atoms with Crippen molar-refractivity contribution in [1.82, 2.24) is 4.72 Å². The third-order valence-corrected chi connectivity index (χ3v) is 4.54. The molecule has 7 heteroatoms. The van der Waals surface area contributed by atoms with Gasteiger partial charge in [-0.15, -0.1) is 0 Å². The van der Waals surface area contributed by atoms with Gasteiger partial charge in [-0.2, -0.15) is 0 Å². The Balaban J connectivity index is 2.03. The highest BCUT2D eigenvalue weighted by atomic mass is 35.5. The van der Waals surface area contributed by atoms with Crippen LogP contribution in [0.2, 0.25) is 5.02 Å². The van der Waals surface area contributed by atoms with E-state index in [1.165, 1.54) is 12.1 Å². The van der Waals surface area contributed by atoms with Crippen LogP contribution in [-0.4, -0.2) is 15.0 Å². The third-order valence-electron chi connectivity index (χ3n) is 2.80. The second kappa shape index (κ2) is 6.51. The summed E-state index contributed by atoms with van der Waals surface area (Å²) in [5, 5.41) is -0.261. The summed E-state index contributed by atoms with van der Waals surface area (Å²) in [6.45, 7) is 0.0980. The Kier molecular flexibility index (Phi) is 4.92. The lowest BCUT2D eigenvalue weighted by molar-refractivity contribution is 0.580. The van der Waals surface area contributed by atoms with Crippen molar-refractivity contribution in [1.29, 1.82) is 0 Å². The molecule has 0 bridgehead atoms. The van der Waals surface area contributed by atoms with Gasteiger partial charge in [0, 0.05) is 6.54 Å². The fourth-order valence-electron chi connectivity index (χ4n) is 1.75. The molecule has 0 heterocycles. The van der Waals surface area contributed by atoms with Crippen LogP contribution in [0.5, 0.6) is 0 Å². The first-order chi connectivity index (χ1) is 9.88. The van der Waals surface area contributed by atoms with E-state index in [-0.39, 0.29) is 22.3 Å². The van der Waals surface area contributed by atoms with Crippen LogP contribution in [0.4, 0.5) is 8.78 Å². The molecule has 3 nitrogen and oxygen atoms in total. The van der Waals surface area contributed by atoms with Gasteiger partial charge < -0.3 is 0 Å². The molecule has 0 aromatic heterocycles. The normalized spacial score (nSPS) is 11.6. The average Bonchev–Trinajstić information content (AvgIpc) is 2.41. The minimum atomic E-state index is -3.77. The topological polar surface area (TPSA) is 46.2 Å². The monoisotopic (exact) mass is 331 g/mol. The Bertz CT molecular complexity index is 750. The van der Waals surface area contributed by atoms with Crippen LogP contribution in [0, 0.1) is 11.6 Å². The van der Waals surface area contributed by atoms with Crippen LogP contribution in [0.1, 0.15) is 5.56 Å². The first-order valence-corrected chi connectivity index (χ1v) is 7.94. The molecule has 2 rings (SSSR count). The minimum absolute atomic E-state index is 0.0980. The van der Waals surface area contributed by atoms with Gasteiger partial charge in [0.05, 0.1) is 9.92 Å². The molecular weight excluding hydrogens is 320 g/mol. The molecule has 0 unspecified atom stereocenters. The highest BCUT2D eigenvalue weighted by Crippen LogP contribution is 2.19. The van der Waals surface area contributed by atoms with Crippen molar-refractivity contribution in [3.05, 3.63) is 64.7 Å². The molecule has 0 radical (unpaired) electrons. The van der Waals surface area contributed by atoms with Crippen LogP contribution in [0.15, 0.2) is 47.4 Å². The van der Waals surface area contributed by atoms with Gasteiger partial charge in [-0.25, -0.2) is 21.9 Å². The molecular formula is C14H12ClF2NO2S. The Morgan fingerprint density at radius 3 is 2.52 bits per heavy atom. The first kappa shape index (κ1) is 15.9. The summed E-state index contributed by atoms with van der Waals surface area (Å²) in [5.74, 6) is -1.06. The molecule has 21 heavy (non-hydrogen) atoms. The number of hydrogen-bond donors (Lipinski definition) is 1. The van der Waals surface area contributed by atoms with Crippen molar-refractivity contribution < 1.29 is 17.2 Å². The van der Waals surface area contributed by atoms with Gasteiger partial charge >= 0.3 is 0 Å². The highest BCUT2D eigenvalue weighted by Gasteiger charge is 2.15. The van der Waals surface area contributed by atoms with E-state index >= 15 is 0 Å². The Hall–Kier alpha value is -1.50. The fourth-order valence-corrected chi connectivity index (χ4v) is 3.05. The molecule has 0 spiro atoms. The van der Waals surface area contributed by atoms with Crippen LogP contribution < -0.4 is 4.72 Å². The first-order valence-electron chi connectivity index (χ1n) is 6.08. The van der Waals surface area contributed by atoms with Crippen molar-refractivity contribution in [2.24, 2.45) is 0 Å². The van der Waals surface area contributed by atoms with Gasteiger partial charge in [0.15, 0.2) is 0 Å². The maximum atomic E-state index is 13.0. The number of nitrogens with one attached hydrogen (secondary N) is 1. The molecule has 0 aliphatic heterocycles. The molecule has 1 N–H and O–H groups in total. The number of sulfonamides is 1. The van der Waals surface area contributed by atoms with E-state index in [0.717, 1.165) is 18.2 Å². The number of hydrogen-bond acceptors (Lipinski definition) is 2. The molecule has 0 aliphatic carbocycles. The van der Waals surface area contributed by atoms with Crippen molar-refractivity contribution in [3.8, 4) is 0 Å². The zero-order valence-electron chi connectivity index (χ0n) is 10.8. The maximum absolute atomic E-state index is 13.0. The maximum Gasteiger partial charge on any atom is 0.240 e. The Morgan fingerprint density at radius 2 is 1.86 bits per heavy atom. The molecule has 0 atom stereocenters. The Morgan fingerprint density at radius 1 is 1.10 bits per heavy atom. The average molecular weight is 332 g/mol. The molecule has 2 aromatic carbocycles. The molecule has 0 saturated carbocycles. The van der Waals surface area contributed by atoms with E-state index in [1.54, 1.807) is 12.1 Å². The largest absolute Gasteiger partial charge is 0.240 e. The molecule has 0 saturated heterocycles. The summed E-state index contributed by atoms with van der Waals surface area (Å²) in [4.78, 5) is -0.117. The summed E-state index contributed by atoms with van der Waals surface area (Å²) in [5.41, 5.74) is 0.676. The smallest absolute Gasteiger partial charge is 0.211 e. The molecule has 0 amide bonds. The van der Waals surface area contributed by atoms with Crippen molar-refractivity contribution in [2.45, 2.75) is 11.3 Å². The SMILES string of the molecule is O=S(=O)(NCCc1cccc(F)c1)c1ccc(F)c(Cl)c1. The van der Waals surface area contributed by atoms with Gasteiger partial charge in [0.25, 0.3) is 0 Å². The van der Waals surface area contributed by atoms with Crippen LogP contribution >= 0.6 is 11.6 Å². The second-order valence-electron chi connectivity index (χ2n) is 4.35. The summed E-state index contributed by atoms with van der Waals surface area (Å²) in [6, 6.07) is 9.07. The molecule has 112 valence electrons. The van der Waals surface area contributed by atoms with Crippen molar-refractivity contribution in [2.75, 3.05) is 6.54 Å². The van der Waals surface area contributed by atoms with E-state index in [0.29, 0.717) is 12.0 Å². The van der Waals surface area contributed by atoms with Gasteiger partial charge in [0.1, 0.15) is 11.6 Å². The molecule has 0 fully saturated rings. The number of halogens is 3. The lowest BCUT2D eigenvalue weighted by atomic mass is 10.1. The van der Waals surface area contributed by atoms with Gasteiger partial charge in [-0.3, -0.25) is 0 Å². The zero-order valence-corrected chi connectivity index (χ0v) is 12.4. The fraction of sp³-hybridized carbons (Fsp3) is 0.143. The van der Waals surface area contributed by atoms with E-state index in [1.807, 2.05) is 0 Å². The summed E-state index contributed by atoms with van der Waals surface area (Å²) < 4.78 is 52.3. The predicted octanol–water partition coefficient (Wildman–Crippen LogP) is 3.14. The van der Waals surface area contributed by atoms with Gasteiger partial charge in [-0.05, 0) is 42.3 Å². The lowest BCUT2D eigenvalue weighted by Gasteiger charge is -2.07. The minimum Gasteiger partial charge on any atom is -0.211 e. The Labute approximate surface area is 126 Å². The van der Waals surface area contributed by atoms with E-state index in [2.05, 4.69) is 4.72 Å². The summed E-state index contributed by atoms with van der Waals surface area (Å²) >= 11 is 5.56. The van der Waals surface area contributed by atoms with Crippen molar-refractivity contribution in [3.63, 3.8) is 0 Å². The zero-order chi connectivity index (χ0) is 15.5. The number of benzene rings is 2. The highest BCUT2D eigenvalue weighted by molar-refractivity contribution is 7.89. The van der Waals surface area contributed by atoms with Gasteiger partial charge in [0.2, 0.25) is 10.0 Å². The quantitative estimate of drug-likeness (QED) is 0.915. The predicted molar refractivity (Wildman–Crippen MR) is 76.7 cm³/mol. The summed E-state index contributed by atoms with van der Waals surface area (Å²) in [7, 11) is -3.77. The van der Waals surface area contributed by atoms with Gasteiger partial charge in [-0.1, -0.05) is 23.7 Å². The van der Waals surface area contributed by atoms with E-state index in [4.69, 9.17) is 11.6 Å². The standard InChI is InChI=1S/C14H12ClF2NO2S/c15-13-9-12(4-5-14(13)17)21(19,20)18-7-6-10-2-1-3-11(16)8-10/h1-5,8-9,18H,6-7H2. The van der Waals surface area contributed by atoms with Crippen LogP contribution in [0.25, 0.3) is 0 Å². The second-order valence-corrected chi connectivity index (χ2v) is 6.53. The van der Waals surface area contributed by atoms with E-state index in [9.17, 15) is 17.2 Å².